The summed E-state index contributed by atoms with van der Waals surface area (Å²) < 4.78 is 40.0. The van der Waals surface area contributed by atoms with Gasteiger partial charge in [-0.05, 0) is 18.2 Å². The van der Waals surface area contributed by atoms with Crippen molar-refractivity contribution in [2.24, 2.45) is 0 Å². The number of benzene rings is 1. The van der Waals surface area contributed by atoms with Gasteiger partial charge in [0.2, 0.25) is 0 Å². The molecule has 0 saturated carbocycles. The van der Waals surface area contributed by atoms with Crippen LogP contribution < -0.4 is 5.32 Å². The fourth-order valence-electron chi connectivity index (χ4n) is 1.32. The zero-order valence-corrected chi connectivity index (χ0v) is 8.97. The molecule has 0 radical (unpaired) electrons. The number of nitrogens with one attached hydrogen (secondary N) is 1. The second-order valence-corrected chi connectivity index (χ2v) is 3.46. The Morgan fingerprint density at radius 2 is 1.94 bits per heavy atom. The summed E-state index contributed by atoms with van der Waals surface area (Å²) in [4.78, 5) is 0. The third kappa shape index (κ3) is 5.14. The molecule has 0 aliphatic heterocycles. The summed E-state index contributed by atoms with van der Waals surface area (Å²) in [5, 5.41) is 2.97. The number of hydrogen-bond donors (Lipinski definition) is 1. The summed E-state index contributed by atoms with van der Waals surface area (Å²) in [6.07, 6.45) is -4.26. The van der Waals surface area contributed by atoms with Crippen molar-refractivity contribution in [2.75, 3.05) is 13.7 Å². The largest absolute Gasteiger partial charge is 0.411 e. The first-order chi connectivity index (χ1) is 7.51. The van der Waals surface area contributed by atoms with Gasteiger partial charge in [0.15, 0.2) is 0 Å². The minimum absolute atomic E-state index is 0.0168. The maximum absolute atomic E-state index is 11.8. The lowest BCUT2D eigenvalue weighted by Crippen LogP contribution is -2.16. The van der Waals surface area contributed by atoms with Gasteiger partial charge in [-0.1, -0.05) is 24.3 Å². The Hall–Kier alpha value is -1.07. The molecule has 0 bridgehead atoms. The van der Waals surface area contributed by atoms with Crippen molar-refractivity contribution in [1.82, 2.24) is 5.32 Å². The van der Waals surface area contributed by atoms with Crippen LogP contribution in [0.15, 0.2) is 24.3 Å². The maximum atomic E-state index is 11.8. The Bertz CT molecular complexity index is 325. The summed E-state index contributed by atoms with van der Waals surface area (Å²) in [5.74, 6) is 0. The van der Waals surface area contributed by atoms with Gasteiger partial charge in [0.25, 0.3) is 0 Å². The van der Waals surface area contributed by atoms with Crippen LogP contribution in [0.5, 0.6) is 0 Å². The van der Waals surface area contributed by atoms with Gasteiger partial charge in [0.05, 0.1) is 6.61 Å². The van der Waals surface area contributed by atoms with Crippen molar-refractivity contribution < 1.29 is 17.9 Å². The van der Waals surface area contributed by atoms with E-state index in [4.69, 9.17) is 0 Å². The van der Waals surface area contributed by atoms with Crippen LogP contribution in [0, 0.1) is 0 Å². The normalized spacial score (nSPS) is 11.8. The Morgan fingerprint density at radius 3 is 2.56 bits per heavy atom. The van der Waals surface area contributed by atoms with Crippen LogP contribution >= 0.6 is 0 Å². The van der Waals surface area contributed by atoms with E-state index in [-0.39, 0.29) is 6.61 Å². The molecular weight excluding hydrogens is 219 g/mol. The fraction of sp³-hybridized carbons (Fsp3) is 0.455. The smallest absolute Gasteiger partial charge is 0.367 e. The topological polar surface area (TPSA) is 21.3 Å². The minimum Gasteiger partial charge on any atom is -0.367 e. The summed E-state index contributed by atoms with van der Waals surface area (Å²) >= 11 is 0. The average molecular weight is 233 g/mol. The molecule has 0 aliphatic carbocycles. The van der Waals surface area contributed by atoms with Crippen LogP contribution in [0.3, 0.4) is 0 Å². The molecule has 1 aromatic rings. The molecule has 90 valence electrons. The third-order valence-electron chi connectivity index (χ3n) is 1.91. The van der Waals surface area contributed by atoms with E-state index in [9.17, 15) is 13.2 Å². The molecule has 0 aliphatic rings. The molecule has 1 rings (SSSR count). The van der Waals surface area contributed by atoms with Crippen molar-refractivity contribution in [1.29, 1.82) is 0 Å². The van der Waals surface area contributed by atoms with E-state index in [2.05, 4.69) is 10.1 Å². The number of alkyl halides is 3. The quantitative estimate of drug-likeness (QED) is 0.843. The molecule has 16 heavy (non-hydrogen) atoms. The number of halogens is 3. The van der Waals surface area contributed by atoms with Gasteiger partial charge in [-0.25, -0.2) is 0 Å². The molecular formula is C11H14F3NO. The zero-order valence-electron chi connectivity index (χ0n) is 8.97. The standard InChI is InChI=1S/C11H14F3NO/c1-15-6-9-3-2-4-10(5-9)7-16-8-11(12,13)14/h2-5,15H,6-8H2,1H3. The highest BCUT2D eigenvalue weighted by molar-refractivity contribution is 5.22. The predicted molar refractivity (Wildman–Crippen MR) is 54.9 cm³/mol. The molecule has 1 aromatic carbocycles. The van der Waals surface area contributed by atoms with E-state index in [1.807, 2.05) is 19.2 Å². The third-order valence-corrected chi connectivity index (χ3v) is 1.91. The first-order valence-corrected chi connectivity index (χ1v) is 4.88. The van der Waals surface area contributed by atoms with Gasteiger partial charge in [0, 0.05) is 6.54 Å². The monoisotopic (exact) mass is 233 g/mol. The number of ether oxygens (including phenoxy) is 1. The highest BCUT2D eigenvalue weighted by Gasteiger charge is 2.27. The molecule has 0 saturated heterocycles. The van der Waals surface area contributed by atoms with Crippen LogP contribution in [-0.4, -0.2) is 19.8 Å². The van der Waals surface area contributed by atoms with Gasteiger partial charge in [-0.2, -0.15) is 13.2 Å². The van der Waals surface area contributed by atoms with Crippen molar-refractivity contribution in [2.45, 2.75) is 19.3 Å². The molecule has 0 atom stereocenters. The van der Waals surface area contributed by atoms with E-state index in [0.717, 1.165) is 11.1 Å². The Morgan fingerprint density at radius 1 is 1.25 bits per heavy atom. The van der Waals surface area contributed by atoms with Gasteiger partial charge in [-0.3, -0.25) is 0 Å². The average Bonchev–Trinajstić information content (AvgIpc) is 2.17. The molecule has 5 heteroatoms. The molecule has 2 nitrogen and oxygen atoms in total. The second-order valence-electron chi connectivity index (χ2n) is 3.46. The van der Waals surface area contributed by atoms with Gasteiger partial charge in [-0.15, -0.1) is 0 Å². The molecule has 0 amide bonds. The van der Waals surface area contributed by atoms with Crippen LogP contribution in [0.25, 0.3) is 0 Å². The highest BCUT2D eigenvalue weighted by Crippen LogP contribution is 2.15. The zero-order chi connectivity index (χ0) is 12.0. The predicted octanol–water partition coefficient (Wildman–Crippen LogP) is 2.48. The molecule has 0 heterocycles. The molecule has 0 aromatic heterocycles. The van der Waals surface area contributed by atoms with Crippen LogP contribution in [0.1, 0.15) is 11.1 Å². The summed E-state index contributed by atoms with van der Waals surface area (Å²) in [5.41, 5.74) is 1.77. The van der Waals surface area contributed by atoms with E-state index in [1.165, 1.54) is 0 Å². The number of hydrogen-bond acceptors (Lipinski definition) is 2. The lowest BCUT2D eigenvalue weighted by Gasteiger charge is -2.08. The Balaban J connectivity index is 2.44. The Labute approximate surface area is 92.4 Å². The molecule has 1 N–H and O–H groups in total. The number of rotatable bonds is 5. The summed E-state index contributed by atoms with van der Waals surface area (Å²) in [6, 6.07) is 7.28. The van der Waals surface area contributed by atoms with Gasteiger partial charge >= 0.3 is 6.18 Å². The lowest BCUT2D eigenvalue weighted by molar-refractivity contribution is -0.176. The van der Waals surface area contributed by atoms with Gasteiger partial charge in [0.1, 0.15) is 6.61 Å². The van der Waals surface area contributed by atoms with Crippen LogP contribution in [0.4, 0.5) is 13.2 Å². The minimum atomic E-state index is -4.26. The van der Waals surface area contributed by atoms with Crippen molar-refractivity contribution in [3.8, 4) is 0 Å². The Kier molecular flexibility index (Phi) is 4.76. The van der Waals surface area contributed by atoms with E-state index in [0.29, 0.717) is 6.54 Å². The van der Waals surface area contributed by atoms with Crippen molar-refractivity contribution >= 4 is 0 Å². The van der Waals surface area contributed by atoms with E-state index in [1.54, 1.807) is 12.1 Å². The first kappa shape index (κ1) is 13.0. The summed E-state index contributed by atoms with van der Waals surface area (Å²) in [7, 11) is 1.81. The summed E-state index contributed by atoms with van der Waals surface area (Å²) in [6.45, 7) is -0.534. The SMILES string of the molecule is CNCc1cccc(COCC(F)(F)F)c1. The van der Waals surface area contributed by atoms with Gasteiger partial charge < -0.3 is 10.1 Å². The van der Waals surface area contributed by atoms with Crippen molar-refractivity contribution in [3.05, 3.63) is 35.4 Å². The van der Waals surface area contributed by atoms with Crippen LogP contribution in [-0.2, 0) is 17.9 Å². The highest BCUT2D eigenvalue weighted by atomic mass is 19.4. The second kappa shape index (κ2) is 5.86. The van der Waals surface area contributed by atoms with E-state index >= 15 is 0 Å². The molecule has 0 unspecified atom stereocenters. The molecule has 0 fully saturated rings. The fourth-order valence-corrected chi connectivity index (χ4v) is 1.32. The molecule has 0 spiro atoms. The lowest BCUT2D eigenvalue weighted by atomic mass is 10.1. The van der Waals surface area contributed by atoms with Crippen LogP contribution in [0.2, 0.25) is 0 Å². The maximum Gasteiger partial charge on any atom is 0.411 e. The first-order valence-electron chi connectivity index (χ1n) is 4.88. The van der Waals surface area contributed by atoms with Crippen molar-refractivity contribution in [3.63, 3.8) is 0 Å². The van der Waals surface area contributed by atoms with E-state index < -0.39 is 12.8 Å².